The third-order valence-corrected chi connectivity index (χ3v) is 4.25. The molecule has 0 aliphatic heterocycles. The number of nitrogens with zero attached hydrogens (tertiary/aromatic N) is 1. The molecule has 110 valence electrons. The van der Waals surface area contributed by atoms with Crippen molar-refractivity contribution in [3.05, 3.63) is 90.1 Å². The minimum absolute atomic E-state index is 0.735. The first-order chi connectivity index (χ1) is 11.3. The lowest BCUT2D eigenvalue weighted by atomic mass is 9.97. The molecule has 4 aromatic rings. The van der Waals surface area contributed by atoms with Crippen LogP contribution in [-0.4, -0.2) is 4.98 Å². The molecule has 0 saturated carbocycles. The molecule has 0 unspecified atom stereocenters. The van der Waals surface area contributed by atoms with Gasteiger partial charge in [-0.3, -0.25) is 4.98 Å². The second-order valence-corrected chi connectivity index (χ2v) is 5.88. The lowest BCUT2D eigenvalue weighted by Gasteiger charge is -2.11. The maximum Gasteiger partial charge on any atom is 0.0780 e. The van der Waals surface area contributed by atoms with Crippen molar-refractivity contribution >= 4 is 22.4 Å². The minimum Gasteiger partial charge on any atom is -0.255 e. The van der Waals surface area contributed by atoms with Crippen molar-refractivity contribution < 1.29 is 0 Å². The van der Waals surface area contributed by atoms with E-state index in [1.165, 1.54) is 10.9 Å². The highest BCUT2D eigenvalue weighted by atomic mass is 35.5. The van der Waals surface area contributed by atoms with Gasteiger partial charge in [-0.2, -0.15) is 0 Å². The second-order valence-electron chi connectivity index (χ2n) is 5.44. The fourth-order valence-corrected chi connectivity index (χ4v) is 3.00. The molecule has 1 nitrogen and oxygen atoms in total. The SMILES string of the molecule is Clc1ccc(-c2ncc(-c3ccccc3)c3ccccc23)cc1. The fourth-order valence-electron chi connectivity index (χ4n) is 2.88. The van der Waals surface area contributed by atoms with Crippen molar-refractivity contribution in [2.75, 3.05) is 0 Å². The number of halogens is 1. The van der Waals surface area contributed by atoms with E-state index in [9.17, 15) is 0 Å². The number of aromatic nitrogens is 1. The first-order valence-corrected chi connectivity index (χ1v) is 7.90. The number of pyridine rings is 1. The largest absolute Gasteiger partial charge is 0.255 e. The van der Waals surface area contributed by atoms with Crippen LogP contribution in [0.4, 0.5) is 0 Å². The molecule has 3 aromatic carbocycles. The van der Waals surface area contributed by atoms with Gasteiger partial charge >= 0.3 is 0 Å². The maximum atomic E-state index is 6.00. The number of benzene rings is 3. The van der Waals surface area contributed by atoms with E-state index in [0.29, 0.717) is 0 Å². The van der Waals surface area contributed by atoms with Gasteiger partial charge in [0.2, 0.25) is 0 Å². The van der Waals surface area contributed by atoms with E-state index < -0.39 is 0 Å². The number of rotatable bonds is 2. The summed E-state index contributed by atoms with van der Waals surface area (Å²) in [6.07, 6.45) is 1.96. The van der Waals surface area contributed by atoms with Crippen LogP contribution in [0.3, 0.4) is 0 Å². The molecule has 2 heteroatoms. The van der Waals surface area contributed by atoms with Crippen LogP contribution in [0.25, 0.3) is 33.2 Å². The molecule has 0 saturated heterocycles. The summed E-state index contributed by atoms with van der Waals surface area (Å²) in [5, 5.41) is 3.09. The molecule has 0 spiro atoms. The number of hydrogen-bond donors (Lipinski definition) is 0. The average molecular weight is 316 g/mol. The van der Waals surface area contributed by atoms with E-state index in [0.717, 1.165) is 27.2 Å². The topological polar surface area (TPSA) is 12.9 Å². The number of fused-ring (bicyclic) bond motifs is 1. The highest BCUT2D eigenvalue weighted by Crippen LogP contribution is 2.33. The van der Waals surface area contributed by atoms with Gasteiger partial charge in [-0.1, -0.05) is 78.3 Å². The van der Waals surface area contributed by atoms with E-state index in [2.05, 4.69) is 48.5 Å². The van der Waals surface area contributed by atoms with Crippen LogP contribution in [0.5, 0.6) is 0 Å². The number of hydrogen-bond acceptors (Lipinski definition) is 1. The van der Waals surface area contributed by atoms with Crippen LogP contribution in [0, 0.1) is 0 Å². The molecule has 1 aromatic heterocycles. The van der Waals surface area contributed by atoms with Gasteiger partial charge in [-0.25, -0.2) is 0 Å². The smallest absolute Gasteiger partial charge is 0.0780 e. The van der Waals surface area contributed by atoms with Crippen LogP contribution < -0.4 is 0 Å². The van der Waals surface area contributed by atoms with Crippen LogP contribution in [0.1, 0.15) is 0 Å². The first kappa shape index (κ1) is 14.0. The predicted octanol–water partition coefficient (Wildman–Crippen LogP) is 6.22. The first-order valence-electron chi connectivity index (χ1n) is 7.52. The van der Waals surface area contributed by atoms with Crippen molar-refractivity contribution in [1.82, 2.24) is 4.98 Å². The van der Waals surface area contributed by atoms with E-state index in [4.69, 9.17) is 16.6 Å². The Labute approximate surface area is 140 Å². The summed E-state index contributed by atoms with van der Waals surface area (Å²) in [6, 6.07) is 26.6. The Morgan fingerprint density at radius 1 is 0.609 bits per heavy atom. The standard InChI is InChI=1S/C21H14ClN/c22-17-12-10-16(11-13-17)21-19-9-5-4-8-18(19)20(14-23-21)15-6-2-1-3-7-15/h1-14H. The van der Waals surface area contributed by atoms with Crippen LogP contribution in [0.2, 0.25) is 5.02 Å². The van der Waals surface area contributed by atoms with Crippen molar-refractivity contribution in [1.29, 1.82) is 0 Å². The summed E-state index contributed by atoms with van der Waals surface area (Å²) in [5.41, 5.74) is 4.39. The minimum atomic E-state index is 0.735. The van der Waals surface area contributed by atoms with Crippen LogP contribution >= 0.6 is 11.6 Å². The van der Waals surface area contributed by atoms with Gasteiger partial charge < -0.3 is 0 Å². The van der Waals surface area contributed by atoms with Gasteiger partial charge in [0.1, 0.15) is 0 Å². The van der Waals surface area contributed by atoms with E-state index in [1.54, 1.807) is 0 Å². The Bertz CT molecular complexity index is 960. The third-order valence-electron chi connectivity index (χ3n) is 4.00. The van der Waals surface area contributed by atoms with Gasteiger partial charge in [0.25, 0.3) is 0 Å². The zero-order chi connectivity index (χ0) is 15.6. The molecule has 4 rings (SSSR count). The molecule has 0 bridgehead atoms. The summed E-state index contributed by atoms with van der Waals surface area (Å²) in [5.74, 6) is 0. The molecule has 23 heavy (non-hydrogen) atoms. The van der Waals surface area contributed by atoms with Crippen LogP contribution in [0.15, 0.2) is 85.1 Å². The zero-order valence-corrected chi connectivity index (χ0v) is 13.2. The Hall–Kier alpha value is -2.64. The molecule has 0 radical (unpaired) electrons. The Morgan fingerprint density at radius 3 is 2.00 bits per heavy atom. The molecule has 0 N–H and O–H groups in total. The highest BCUT2D eigenvalue weighted by Gasteiger charge is 2.10. The summed E-state index contributed by atoms with van der Waals surface area (Å²) < 4.78 is 0. The van der Waals surface area contributed by atoms with Crippen LogP contribution in [-0.2, 0) is 0 Å². The summed E-state index contributed by atoms with van der Waals surface area (Å²) in [6.45, 7) is 0. The lowest BCUT2D eigenvalue weighted by Crippen LogP contribution is -1.89. The zero-order valence-electron chi connectivity index (χ0n) is 12.4. The van der Waals surface area contributed by atoms with Crippen molar-refractivity contribution in [3.8, 4) is 22.4 Å². The fraction of sp³-hybridized carbons (Fsp3) is 0. The molecule has 1 heterocycles. The summed E-state index contributed by atoms with van der Waals surface area (Å²) in [7, 11) is 0. The van der Waals surface area contributed by atoms with Gasteiger partial charge in [-0.05, 0) is 23.1 Å². The average Bonchev–Trinajstić information content (AvgIpc) is 2.62. The van der Waals surface area contributed by atoms with E-state index in [1.807, 2.05) is 36.5 Å². The molecule has 0 amide bonds. The molecule has 0 atom stereocenters. The van der Waals surface area contributed by atoms with Crippen molar-refractivity contribution in [3.63, 3.8) is 0 Å². The quantitative estimate of drug-likeness (QED) is 0.428. The summed E-state index contributed by atoms with van der Waals surface area (Å²) in [4.78, 5) is 4.74. The Morgan fingerprint density at radius 2 is 1.26 bits per heavy atom. The second kappa shape index (κ2) is 5.86. The summed E-state index contributed by atoms with van der Waals surface area (Å²) >= 11 is 6.00. The third kappa shape index (κ3) is 2.60. The van der Waals surface area contributed by atoms with Gasteiger partial charge in [0.15, 0.2) is 0 Å². The molecular weight excluding hydrogens is 302 g/mol. The molecular formula is C21H14ClN. The predicted molar refractivity (Wildman–Crippen MR) is 97.6 cm³/mol. The van der Waals surface area contributed by atoms with E-state index >= 15 is 0 Å². The van der Waals surface area contributed by atoms with Crippen molar-refractivity contribution in [2.24, 2.45) is 0 Å². The van der Waals surface area contributed by atoms with Crippen molar-refractivity contribution in [2.45, 2.75) is 0 Å². The molecule has 0 aliphatic rings. The van der Waals surface area contributed by atoms with Gasteiger partial charge in [0, 0.05) is 27.7 Å². The van der Waals surface area contributed by atoms with Gasteiger partial charge in [-0.15, -0.1) is 0 Å². The Balaban J connectivity index is 1.97. The van der Waals surface area contributed by atoms with E-state index in [-0.39, 0.29) is 0 Å². The van der Waals surface area contributed by atoms with Gasteiger partial charge in [0.05, 0.1) is 5.69 Å². The highest BCUT2D eigenvalue weighted by molar-refractivity contribution is 6.30. The molecule has 0 aliphatic carbocycles. The Kier molecular flexibility index (Phi) is 3.57. The molecule has 0 fully saturated rings. The lowest BCUT2D eigenvalue weighted by molar-refractivity contribution is 1.35. The normalized spacial score (nSPS) is 10.8. The maximum absolute atomic E-state index is 6.00. The monoisotopic (exact) mass is 315 g/mol.